The first-order chi connectivity index (χ1) is 12.4. The zero-order chi connectivity index (χ0) is 18.7. The highest BCUT2D eigenvalue weighted by molar-refractivity contribution is 7.89. The van der Waals surface area contributed by atoms with Gasteiger partial charge in [0.2, 0.25) is 10.0 Å². The molecule has 3 N–H and O–H groups in total. The number of rotatable bonds is 4. The smallest absolute Gasteiger partial charge is 0.255 e. The summed E-state index contributed by atoms with van der Waals surface area (Å²) >= 11 is 0. The Kier molecular flexibility index (Phi) is 5.36. The quantitative estimate of drug-likeness (QED) is 0.854. The average Bonchev–Trinajstić information content (AvgIpc) is 2.62. The Balaban J connectivity index is 1.71. The van der Waals surface area contributed by atoms with Gasteiger partial charge in [-0.2, -0.15) is 4.31 Å². The highest BCUT2D eigenvalue weighted by atomic mass is 32.2. The minimum absolute atomic E-state index is 0.146. The highest BCUT2D eigenvalue weighted by Gasteiger charge is 2.28. The van der Waals surface area contributed by atoms with Crippen molar-refractivity contribution in [3.8, 4) is 0 Å². The second-order valence-electron chi connectivity index (χ2n) is 6.25. The maximum absolute atomic E-state index is 12.9. The number of nitrogens with zero attached hydrogens (tertiary/aromatic N) is 1. The fraction of sp³-hybridized carbons (Fsp3) is 0.278. The summed E-state index contributed by atoms with van der Waals surface area (Å²) in [7, 11) is -3.60. The minimum atomic E-state index is -3.60. The van der Waals surface area contributed by atoms with Gasteiger partial charge in [-0.3, -0.25) is 4.79 Å². The van der Waals surface area contributed by atoms with Crippen molar-refractivity contribution in [3.63, 3.8) is 0 Å². The Morgan fingerprint density at radius 1 is 1.12 bits per heavy atom. The van der Waals surface area contributed by atoms with Crippen LogP contribution in [0.1, 0.15) is 23.2 Å². The Morgan fingerprint density at radius 2 is 1.77 bits per heavy atom. The van der Waals surface area contributed by atoms with E-state index < -0.39 is 21.7 Å². The molecule has 1 amide bonds. The van der Waals surface area contributed by atoms with E-state index in [9.17, 15) is 17.6 Å². The number of halogens is 1. The van der Waals surface area contributed by atoms with Crippen molar-refractivity contribution in [2.45, 2.75) is 23.8 Å². The molecule has 1 aliphatic heterocycles. The number of sulfonamides is 1. The van der Waals surface area contributed by atoms with E-state index in [2.05, 4.69) is 5.32 Å². The van der Waals surface area contributed by atoms with E-state index in [0.29, 0.717) is 24.3 Å². The largest absolute Gasteiger partial charge is 0.327 e. The number of nitrogens with one attached hydrogen (secondary N) is 1. The molecular weight excluding hydrogens is 357 g/mol. The zero-order valence-electron chi connectivity index (χ0n) is 14.1. The van der Waals surface area contributed by atoms with Gasteiger partial charge >= 0.3 is 0 Å². The van der Waals surface area contributed by atoms with Crippen LogP contribution in [0.15, 0.2) is 53.4 Å². The lowest BCUT2D eigenvalue weighted by Gasteiger charge is -2.29. The van der Waals surface area contributed by atoms with Crippen molar-refractivity contribution in [3.05, 3.63) is 59.9 Å². The van der Waals surface area contributed by atoms with E-state index in [1.807, 2.05) is 0 Å². The Bertz CT molecular complexity index is 883. The molecule has 1 aliphatic rings. The standard InChI is InChI=1S/C18H20FN3O3S/c19-14-5-3-13(4-6-14)18(23)21-16-7-9-17(10-8-16)26(24,25)22-11-1-2-15(20)12-22/h3-10,15H,1-2,11-12,20H2,(H,21,23). The van der Waals surface area contributed by atoms with Gasteiger partial charge in [-0.15, -0.1) is 0 Å². The van der Waals surface area contributed by atoms with Crippen LogP contribution >= 0.6 is 0 Å². The second-order valence-corrected chi connectivity index (χ2v) is 8.19. The summed E-state index contributed by atoms with van der Waals surface area (Å²) in [5.41, 5.74) is 6.63. The number of carbonyl (C=O) groups is 1. The number of benzene rings is 2. The summed E-state index contributed by atoms with van der Waals surface area (Å²) in [6.45, 7) is 0.768. The van der Waals surface area contributed by atoms with E-state index >= 15 is 0 Å². The molecule has 2 aromatic carbocycles. The summed E-state index contributed by atoms with van der Waals surface area (Å²) in [4.78, 5) is 12.3. The molecule has 1 saturated heterocycles. The number of hydrogen-bond acceptors (Lipinski definition) is 4. The van der Waals surface area contributed by atoms with Crippen LogP contribution in [0.2, 0.25) is 0 Å². The van der Waals surface area contributed by atoms with Gasteiger partial charge in [-0.1, -0.05) is 0 Å². The topological polar surface area (TPSA) is 92.5 Å². The minimum Gasteiger partial charge on any atom is -0.327 e. The van der Waals surface area contributed by atoms with Gasteiger partial charge in [0.15, 0.2) is 0 Å². The van der Waals surface area contributed by atoms with Crippen LogP contribution in [-0.4, -0.2) is 37.8 Å². The summed E-state index contributed by atoms with van der Waals surface area (Å²) < 4.78 is 39.6. The molecule has 2 aromatic rings. The van der Waals surface area contributed by atoms with Crippen LogP contribution in [0, 0.1) is 5.82 Å². The molecule has 0 radical (unpaired) electrons. The predicted octanol–water partition coefficient (Wildman–Crippen LogP) is 2.19. The maximum Gasteiger partial charge on any atom is 0.255 e. The molecule has 138 valence electrons. The lowest BCUT2D eigenvalue weighted by molar-refractivity contribution is 0.102. The average molecular weight is 377 g/mol. The molecule has 26 heavy (non-hydrogen) atoms. The Hall–Kier alpha value is -2.29. The van der Waals surface area contributed by atoms with Crippen molar-refractivity contribution in [1.29, 1.82) is 0 Å². The molecule has 3 rings (SSSR count). The predicted molar refractivity (Wildman–Crippen MR) is 96.8 cm³/mol. The van der Waals surface area contributed by atoms with Crippen LogP contribution in [0.4, 0.5) is 10.1 Å². The molecule has 0 bridgehead atoms. The monoisotopic (exact) mass is 377 g/mol. The van der Waals surface area contributed by atoms with Gasteiger partial charge in [0.1, 0.15) is 5.82 Å². The zero-order valence-corrected chi connectivity index (χ0v) is 14.9. The molecule has 8 heteroatoms. The number of carbonyl (C=O) groups excluding carboxylic acids is 1. The van der Waals surface area contributed by atoms with E-state index in [0.717, 1.165) is 12.8 Å². The van der Waals surface area contributed by atoms with Crippen LogP contribution in [-0.2, 0) is 10.0 Å². The fourth-order valence-corrected chi connectivity index (χ4v) is 4.39. The molecule has 1 heterocycles. The van der Waals surface area contributed by atoms with E-state index in [4.69, 9.17) is 5.73 Å². The molecule has 1 fully saturated rings. The van der Waals surface area contributed by atoms with Gasteiger partial charge < -0.3 is 11.1 Å². The normalized spacial score (nSPS) is 18.5. The van der Waals surface area contributed by atoms with Gasteiger partial charge in [-0.25, -0.2) is 12.8 Å². The Morgan fingerprint density at radius 3 is 2.38 bits per heavy atom. The van der Waals surface area contributed by atoms with E-state index in [-0.39, 0.29) is 10.9 Å². The van der Waals surface area contributed by atoms with E-state index in [1.54, 1.807) is 0 Å². The summed E-state index contributed by atoms with van der Waals surface area (Å²) in [6.07, 6.45) is 1.56. The van der Waals surface area contributed by atoms with E-state index in [1.165, 1.54) is 52.8 Å². The number of amides is 1. The summed E-state index contributed by atoms with van der Waals surface area (Å²) in [5.74, 6) is -0.823. The van der Waals surface area contributed by atoms with Crippen molar-refractivity contribution >= 4 is 21.6 Å². The van der Waals surface area contributed by atoms with Gasteiger partial charge in [0.25, 0.3) is 5.91 Å². The third-order valence-electron chi connectivity index (χ3n) is 4.28. The number of anilines is 1. The first-order valence-electron chi connectivity index (χ1n) is 8.29. The van der Waals surface area contributed by atoms with Crippen LogP contribution < -0.4 is 11.1 Å². The lowest BCUT2D eigenvalue weighted by atomic mass is 10.1. The molecule has 1 atom stereocenters. The van der Waals surface area contributed by atoms with Crippen LogP contribution in [0.5, 0.6) is 0 Å². The van der Waals surface area contributed by atoms with Crippen molar-refractivity contribution in [1.82, 2.24) is 4.31 Å². The fourth-order valence-electron chi connectivity index (χ4n) is 2.86. The third kappa shape index (κ3) is 4.09. The van der Waals surface area contributed by atoms with Crippen molar-refractivity contribution in [2.75, 3.05) is 18.4 Å². The number of piperidine rings is 1. The summed E-state index contributed by atoms with van der Waals surface area (Å²) in [6, 6.07) is 11.0. The number of hydrogen-bond donors (Lipinski definition) is 2. The maximum atomic E-state index is 12.9. The van der Waals surface area contributed by atoms with Crippen LogP contribution in [0.3, 0.4) is 0 Å². The first-order valence-corrected chi connectivity index (χ1v) is 9.73. The highest BCUT2D eigenvalue weighted by Crippen LogP contribution is 2.22. The summed E-state index contributed by atoms with van der Waals surface area (Å²) in [5, 5.41) is 2.65. The van der Waals surface area contributed by atoms with Gasteiger partial charge in [0.05, 0.1) is 4.90 Å². The Labute approximate surface area is 151 Å². The molecular formula is C18H20FN3O3S. The third-order valence-corrected chi connectivity index (χ3v) is 6.16. The first kappa shape index (κ1) is 18.5. The molecule has 1 unspecified atom stereocenters. The van der Waals surface area contributed by atoms with Gasteiger partial charge in [0, 0.05) is 30.4 Å². The molecule has 0 spiro atoms. The van der Waals surface area contributed by atoms with Crippen molar-refractivity contribution in [2.24, 2.45) is 5.73 Å². The van der Waals surface area contributed by atoms with Gasteiger partial charge in [-0.05, 0) is 61.4 Å². The van der Waals surface area contributed by atoms with Crippen LogP contribution in [0.25, 0.3) is 0 Å². The molecule has 6 nitrogen and oxygen atoms in total. The SMILES string of the molecule is NC1CCCN(S(=O)(=O)c2ccc(NC(=O)c3ccc(F)cc3)cc2)C1. The molecule has 0 saturated carbocycles. The van der Waals surface area contributed by atoms with Crippen molar-refractivity contribution < 1.29 is 17.6 Å². The molecule has 0 aromatic heterocycles. The number of nitrogens with two attached hydrogens (primary N) is 1. The molecule has 0 aliphatic carbocycles. The second kappa shape index (κ2) is 7.53. The lowest BCUT2D eigenvalue weighted by Crippen LogP contribution is -2.45.